The highest BCUT2D eigenvalue weighted by Gasteiger charge is 2.61. The van der Waals surface area contributed by atoms with Gasteiger partial charge >= 0.3 is 0 Å². The Morgan fingerprint density at radius 1 is 0.812 bits per heavy atom. The van der Waals surface area contributed by atoms with E-state index in [1.807, 2.05) is 0 Å². The normalized spacial score (nSPS) is 44.5. The minimum Gasteiger partial charge on any atom is -0.415 e. The monoisotopic (exact) mass is 478 g/mol. The fraction of sp³-hybridized carbons (Fsp3) is 0.963. The quantitative estimate of drug-likeness (QED) is 0.376. The lowest BCUT2D eigenvalue weighted by atomic mass is 9.44. The van der Waals surface area contributed by atoms with Crippen LogP contribution in [0.4, 0.5) is 0 Å². The summed E-state index contributed by atoms with van der Waals surface area (Å²) in [6, 6.07) is 0. The molecule has 0 radical (unpaired) electrons. The van der Waals surface area contributed by atoms with Crippen LogP contribution in [-0.4, -0.2) is 35.1 Å². The van der Waals surface area contributed by atoms with Crippen LogP contribution in [0.5, 0.6) is 0 Å². The smallest absolute Gasteiger partial charge is 0.184 e. The summed E-state index contributed by atoms with van der Waals surface area (Å²) in [7, 11) is -3.11. The molecule has 184 valence electrons. The summed E-state index contributed by atoms with van der Waals surface area (Å²) in [5, 5.41) is 0. The van der Waals surface area contributed by atoms with Crippen LogP contribution in [0.1, 0.15) is 71.6 Å². The van der Waals surface area contributed by atoms with E-state index >= 15 is 0 Å². The molecule has 8 atom stereocenters. The van der Waals surface area contributed by atoms with Crippen molar-refractivity contribution in [3.05, 3.63) is 0 Å². The van der Waals surface area contributed by atoms with Gasteiger partial charge in [0.05, 0.1) is 6.61 Å². The Balaban J connectivity index is 1.45. The zero-order chi connectivity index (χ0) is 23.5. The van der Waals surface area contributed by atoms with Crippen LogP contribution in [-0.2, 0) is 13.6 Å². The SMILES string of the molecule is C[C@]12CC[C@H](O[Si](C)(C)C)C[C@H]1CC[C@@H]1[C@@H]2CC[C@]2(C)[C@@H](C(=O)CO[Si](C)(C)C)CC[C@@H]12. The number of rotatable bonds is 6. The van der Waals surface area contributed by atoms with E-state index in [1.165, 1.54) is 51.4 Å². The molecule has 4 saturated carbocycles. The summed E-state index contributed by atoms with van der Waals surface area (Å²) in [5.41, 5.74) is 0.703. The van der Waals surface area contributed by atoms with Crippen LogP contribution >= 0.6 is 0 Å². The lowest BCUT2D eigenvalue weighted by Gasteiger charge is -2.61. The molecule has 0 aromatic carbocycles. The van der Waals surface area contributed by atoms with E-state index in [0.717, 1.165) is 30.1 Å². The third kappa shape index (κ3) is 4.74. The van der Waals surface area contributed by atoms with E-state index in [2.05, 4.69) is 53.1 Å². The maximum atomic E-state index is 13.2. The number of carbonyl (C=O) groups excluding carboxylic acids is 1. The van der Waals surface area contributed by atoms with Crippen molar-refractivity contribution in [2.75, 3.05) is 6.61 Å². The zero-order valence-electron chi connectivity index (χ0n) is 22.3. The number of carbonyl (C=O) groups is 1. The fourth-order valence-corrected chi connectivity index (χ4v) is 10.5. The standard InChI is InChI=1S/C27H50O3Si2/c1-26-15-13-20(30-32(6,7)8)17-19(26)9-10-21-22-11-12-24(25(28)18-29-31(3,4)5)27(22,2)16-14-23(21)26/h19-24H,9-18H2,1-8H3/t19-,20+,21+,22+,23+,24-,26+,27+/m1/s1. The Labute approximate surface area is 200 Å². The molecule has 0 N–H and O–H groups in total. The van der Waals surface area contributed by atoms with Crippen molar-refractivity contribution in [3.8, 4) is 0 Å². The van der Waals surface area contributed by atoms with Crippen LogP contribution < -0.4 is 0 Å². The number of hydrogen-bond donors (Lipinski definition) is 0. The van der Waals surface area contributed by atoms with Gasteiger partial charge < -0.3 is 8.85 Å². The molecule has 0 spiro atoms. The average molecular weight is 479 g/mol. The van der Waals surface area contributed by atoms with Gasteiger partial charge in [-0.2, -0.15) is 0 Å². The molecule has 5 heteroatoms. The zero-order valence-corrected chi connectivity index (χ0v) is 24.3. The van der Waals surface area contributed by atoms with Crippen molar-refractivity contribution in [2.45, 2.75) is 117 Å². The lowest BCUT2D eigenvalue weighted by molar-refractivity contribution is -0.140. The number of Topliss-reactive ketones (excluding diaryl/α,β-unsaturated/α-hetero) is 1. The molecular formula is C27H50O3Si2. The molecule has 0 aromatic rings. The largest absolute Gasteiger partial charge is 0.415 e. The second-order valence-electron chi connectivity index (χ2n) is 14.3. The highest BCUT2D eigenvalue weighted by molar-refractivity contribution is 6.70. The van der Waals surface area contributed by atoms with Crippen molar-refractivity contribution in [2.24, 2.45) is 40.4 Å². The maximum Gasteiger partial charge on any atom is 0.184 e. The van der Waals surface area contributed by atoms with E-state index < -0.39 is 16.6 Å². The van der Waals surface area contributed by atoms with Gasteiger partial charge in [-0.05, 0) is 132 Å². The topological polar surface area (TPSA) is 35.5 Å². The Kier molecular flexibility index (Phi) is 6.75. The van der Waals surface area contributed by atoms with Gasteiger partial charge in [-0.3, -0.25) is 4.79 Å². The Morgan fingerprint density at radius 3 is 2.12 bits per heavy atom. The molecule has 0 saturated heterocycles. The van der Waals surface area contributed by atoms with Crippen molar-refractivity contribution < 1.29 is 13.6 Å². The minimum absolute atomic E-state index is 0.211. The molecule has 0 heterocycles. The minimum atomic E-state index is -1.65. The van der Waals surface area contributed by atoms with Crippen molar-refractivity contribution in [3.63, 3.8) is 0 Å². The first-order chi connectivity index (χ1) is 14.7. The first-order valence-corrected chi connectivity index (χ1v) is 20.4. The summed E-state index contributed by atoms with van der Waals surface area (Å²) < 4.78 is 12.6. The predicted octanol–water partition coefficient (Wildman–Crippen LogP) is 7.29. The van der Waals surface area contributed by atoms with Crippen molar-refractivity contribution >= 4 is 22.4 Å². The molecule has 4 rings (SSSR count). The molecular weight excluding hydrogens is 428 g/mol. The van der Waals surface area contributed by atoms with E-state index in [1.54, 1.807) is 0 Å². The Morgan fingerprint density at radius 2 is 1.47 bits per heavy atom. The first-order valence-electron chi connectivity index (χ1n) is 13.6. The summed E-state index contributed by atoms with van der Waals surface area (Å²) in [4.78, 5) is 13.2. The second kappa shape index (κ2) is 8.60. The van der Waals surface area contributed by atoms with E-state index in [9.17, 15) is 4.79 Å². The van der Waals surface area contributed by atoms with Gasteiger partial charge in [0, 0.05) is 12.0 Å². The van der Waals surface area contributed by atoms with E-state index in [-0.39, 0.29) is 11.3 Å². The number of ketones is 1. The van der Waals surface area contributed by atoms with Crippen LogP contribution in [0.3, 0.4) is 0 Å². The van der Waals surface area contributed by atoms with E-state index in [0.29, 0.717) is 23.9 Å². The molecule has 0 aromatic heterocycles. The summed E-state index contributed by atoms with van der Waals surface area (Å²) in [5.74, 6) is 3.92. The third-order valence-corrected chi connectivity index (χ3v) is 12.2. The van der Waals surface area contributed by atoms with Crippen LogP contribution in [0, 0.1) is 40.4 Å². The van der Waals surface area contributed by atoms with Crippen LogP contribution in [0.25, 0.3) is 0 Å². The summed E-state index contributed by atoms with van der Waals surface area (Å²) >= 11 is 0. The van der Waals surface area contributed by atoms with Crippen molar-refractivity contribution in [1.82, 2.24) is 0 Å². The highest BCUT2D eigenvalue weighted by atomic mass is 28.4. The van der Waals surface area contributed by atoms with E-state index in [4.69, 9.17) is 8.85 Å². The fourth-order valence-electron chi connectivity index (χ4n) is 8.74. The number of fused-ring (bicyclic) bond motifs is 5. The third-order valence-electron chi connectivity index (χ3n) is 10.2. The van der Waals surface area contributed by atoms with Gasteiger partial charge in [0.1, 0.15) is 0 Å². The summed E-state index contributed by atoms with van der Waals surface area (Å²) in [6.07, 6.45) is 12.1. The average Bonchev–Trinajstić information content (AvgIpc) is 3.02. The van der Waals surface area contributed by atoms with Gasteiger partial charge in [0.25, 0.3) is 0 Å². The van der Waals surface area contributed by atoms with Gasteiger partial charge in [-0.1, -0.05) is 13.8 Å². The van der Waals surface area contributed by atoms with Gasteiger partial charge in [0.2, 0.25) is 0 Å². The van der Waals surface area contributed by atoms with Crippen LogP contribution in [0.15, 0.2) is 0 Å². The second-order valence-corrected chi connectivity index (χ2v) is 23.3. The highest BCUT2D eigenvalue weighted by Crippen LogP contribution is 2.67. The van der Waals surface area contributed by atoms with Gasteiger partial charge in [-0.15, -0.1) is 0 Å². The lowest BCUT2D eigenvalue weighted by Crippen LogP contribution is -2.55. The Bertz CT molecular complexity index is 711. The molecule has 3 nitrogen and oxygen atoms in total. The molecule has 4 aliphatic rings. The van der Waals surface area contributed by atoms with Crippen molar-refractivity contribution in [1.29, 1.82) is 0 Å². The van der Waals surface area contributed by atoms with Gasteiger partial charge in [-0.25, -0.2) is 0 Å². The molecule has 0 aliphatic heterocycles. The maximum absolute atomic E-state index is 13.2. The molecule has 0 unspecified atom stereocenters. The summed E-state index contributed by atoms with van der Waals surface area (Å²) in [6.45, 7) is 19.1. The molecule has 0 bridgehead atoms. The molecule has 32 heavy (non-hydrogen) atoms. The first kappa shape index (κ1) is 25.1. The predicted molar refractivity (Wildman–Crippen MR) is 138 cm³/mol. The Hall–Kier alpha value is 0.0238. The molecule has 0 amide bonds. The number of hydrogen-bond acceptors (Lipinski definition) is 3. The van der Waals surface area contributed by atoms with Gasteiger partial charge in [0.15, 0.2) is 22.4 Å². The molecule has 4 aliphatic carbocycles. The molecule has 4 fully saturated rings. The van der Waals surface area contributed by atoms with Crippen LogP contribution in [0.2, 0.25) is 39.3 Å².